The van der Waals surface area contributed by atoms with Crippen LogP contribution in [0.5, 0.6) is 11.5 Å². The second-order valence-electron chi connectivity index (χ2n) is 6.76. The van der Waals surface area contributed by atoms with Gasteiger partial charge in [0.1, 0.15) is 11.5 Å². The van der Waals surface area contributed by atoms with Crippen LogP contribution in [0, 0.1) is 0 Å². The van der Waals surface area contributed by atoms with Gasteiger partial charge in [0.05, 0.1) is 33.5 Å². The topological polar surface area (TPSA) is 51.2 Å². The number of hydrogen-bond donors (Lipinski definition) is 0. The van der Waals surface area contributed by atoms with E-state index in [1.165, 1.54) is 0 Å². The Morgan fingerprint density at radius 3 is 2.84 bits per heavy atom. The molecule has 2 aliphatic rings. The van der Waals surface area contributed by atoms with E-state index in [0.717, 1.165) is 36.4 Å². The molecule has 2 fully saturated rings. The normalized spacial score (nSPS) is 24.4. The van der Waals surface area contributed by atoms with Crippen LogP contribution in [0.2, 0.25) is 0 Å². The number of morpholine rings is 1. The van der Waals surface area contributed by atoms with Crippen molar-refractivity contribution >= 4 is 5.91 Å². The molecular formula is C19H28N2O4. The van der Waals surface area contributed by atoms with E-state index < -0.39 is 0 Å². The fraction of sp³-hybridized carbons (Fsp3) is 0.632. The average molecular weight is 348 g/mol. The van der Waals surface area contributed by atoms with E-state index >= 15 is 0 Å². The standard InChI is InChI=1S/C19H28N2O4/c1-14-12-21(9-10-25-14)19(22)13-20-8-4-5-17(20)16-11-15(23-2)6-7-18(16)24-3/h6-7,11,14,17H,4-5,8-10,12-13H2,1-3H3/t14-,17+/m0/s1. The van der Waals surface area contributed by atoms with E-state index in [4.69, 9.17) is 14.2 Å². The van der Waals surface area contributed by atoms with Gasteiger partial charge in [-0.25, -0.2) is 0 Å². The molecule has 2 heterocycles. The second-order valence-corrected chi connectivity index (χ2v) is 6.76. The van der Waals surface area contributed by atoms with Gasteiger partial charge in [-0.15, -0.1) is 0 Å². The smallest absolute Gasteiger partial charge is 0.236 e. The van der Waals surface area contributed by atoms with Crippen molar-refractivity contribution in [3.63, 3.8) is 0 Å². The fourth-order valence-corrected chi connectivity index (χ4v) is 3.79. The highest BCUT2D eigenvalue weighted by Gasteiger charge is 2.32. The van der Waals surface area contributed by atoms with Crippen LogP contribution in [0.4, 0.5) is 0 Å². The lowest BCUT2D eigenvalue weighted by Gasteiger charge is -2.33. The SMILES string of the molecule is COc1ccc(OC)c([C@H]2CCCN2CC(=O)N2CCO[C@@H](C)C2)c1. The Morgan fingerprint density at radius 2 is 2.12 bits per heavy atom. The summed E-state index contributed by atoms with van der Waals surface area (Å²) in [5.41, 5.74) is 1.10. The molecule has 0 unspecified atom stereocenters. The third-order valence-electron chi connectivity index (χ3n) is 5.09. The molecule has 1 amide bonds. The number of benzene rings is 1. The highest BCUT2D eigenvalue weighted by Crippen LogP contribution is 2.38. The molecule has 0 N–H and O–H groups in total. The van der Waals surface area contributed by atoms with Gasteiger partial charge in [0.15, 0.2) is 0 Å². The lowest BCUT2D eigenvalue weighted by atomic mass is 10.0. The Hall–Kier alpha value is -1.79. The second kappa shape index (κ2) is 8.06. The van der Waals surface area contributed by atoms with Crippen molar-refractivity contribution in [2.45, 2.75) is 31.9 Å². The highest BCUT2D eigenvalue weighted by atomic mass is 16.5. The summed E-state index contributed by atoms with van der Waals surface area (Å²) >= 11 is 0. The molecule has 0 aromatic heterocycles. The number of nitrogens with zero attached hydrogens (tertiary/aromatic N) is 2. The van der Waals surface area contributed by atoms with Crippen LogP contribution in [0.3, 0.4) is 0 Å². The first-order valence-electron chi connectivity index (χ1n) is 8.97. The Labute approximate surface area is 149 Å². The Balaban J connectivity index is 1.73. The van der Waals surface area contributed by atoms with Crippen molar-refractivity contribution in [1.82, 2.24) is 9.80 Å². The highest BCUT2D eigenvalue weighted by molar-refractivity contribution is 5.78. The van der Waals surface area contributed by atoms with Crippen molar-refractivity contribution < 1.29 is 19.0 Å². The van der Waals surface area contributed by atoms with E-state index in [2.05, 4.69) is 4.90 Å². The first kappa shape index (κ1) is 18.0. The number of amides is 1. The maximum atomic E-state index is 12.7. The number of carbonyl (C=O) groups excluding carboxylic acids is 1. The third-order valence-corrected chi connectivity index (χ3v) is 5.09. The predicted octanol–water partition coefficient (Wildman–Crippen LogP) is 2.09. The summed E-state index contributed by atoms with van der Waals surface area (Å²) in [6.45, 7) is 5.37. The summed E-state index contributed by atoms with van der Waals surface area (Å²) in [5, 5.41) is 0. The van der Waals surface area contributed by atoms with E-state index in [-0.39, 0.29) is 18.1 Å². The zero-order valence-corrected chi connectivity index (χ0v) is 15.4. The van der Waals surface area contributed by atoms with Gasteiger partial charge in [-0.2, -0.15) is 0 Å². The monoisotopic (exact) mass is 348 g/mol. The first-order chi connectivity index (χ1) is 12.1. The lowest BCUT2D eigenvalue weighted by molar-refractivity contribution is -0.139. The molecule has 25 heavy (non-hydrogen) atoms. The van der Waals surface area contributed by atoms with Crippen LogP contribution in [0.15, 0.2) is 18.2 Å². The summed E-state index contributed by atoms with van der Waals surface area (Å²) < 4.78 is 16.5. The zero-order valence-electron chi connectivity index (χ0n) is 15.4. The minimum Gasteiger partial charge on any atom is -0.497 e. The average Bonchev–Trinajstić information content (AvgIpc) is 3.09. The van der Waals surface area contributed by atoms with Crippen LogP contribution < -0.4 is 9.47 Å². The van der Waals surface area contributed by atoms with Crippen LogP contribution in [0.25, 0.3) is 0 Å². The zero-order chi connectivity index (χ0) is 17.8. The molecule has 6 heteroatoms. The van der Waals surface area contributed by atoms with E-state index in [1.54, 1.807) is 14.2 Å². The molecular weight excluding hydrogens is 320 g/mol. The van der Waals surface area contributed by atoms with E-state index in [0.29, 0.717) is 26.2 Å². The third kappa shape index (κ3) is 4.07. The first-order valence-corrected chi connectivity index (χ1v) is 8.97. The minimum atomic E-state index is 0.116. The van der Waals surface area contributed by atoms with Crippen LogP contribution >= 0.6 is 0 Å². The van der Waals surface area contributed by atoms with Crippen molar-refractivity contribution in [2.75, 3.05) is 47.0 Å². The molecule has 6 nitrogen and oxygen atoms in total. The molecule has 1 aromatic rings. The van der Waals surface area contributed by atoms with Crippen LogP contribution in [-0.2, 0) is 9.53 Å². The summed E-state index contributed by atoms with van der Waals surface area (Å²) in [6.07, 6.45) is 2.22. The number of methoxy groups -OCH3 is 2. The Morgan fingerprint density at radius 1 is 1.28 bits per heavy atom. The molecule has 2 saturated heterocycles. The summed E-state index contributed by atoms with van der Waals surface area (Å²) in [5.74, 6) is 1.85. The lowest BCUT2D eigenvalue weighted by Crippen LogP contribution is -2.48. The number of rotatable bonds is 5. The molecule has 0 bridgehead atoms. The number of carbonyl (C=O) groups is 1. The Kier molecular flexibility index (Phi) is 5.81. The minimum absolute atomic E-state index is 0.116. The number of ether oxygens (including phenoxy) is 3. The van der Waals surface area contributed by atoms with Gasteiger partial charge in [0.25, 0.3) is 0 Å². The van der Waals surface area contributed by atoms with E-state index in [1.807, 2.05) is 30.0 Å². The van der Waals surface area contributed by atoms with Gasteiger partial charge in [0.2, 0.25) is 5.91 Å². The molecule has 138 valence electrons. The summed E-state index contributed by atoms with van der Waals surface area (Å²) in [7, 11) is 3.35. The quantitative estimate of drug-likeness (QED) is 0.816. The van der Waals surface area contributed by atoms with Crippen molar-refractivity contribution in [3.05, 3.63) is 23.8 Å². The summed E-state index contributed by atoms with van der Waals surface area (Å²) in [4.78, 5) is 16.9. The van der Waals surface area contributed by atoms with Gasteiger partial charge in [-0.3, -0.25) is 9.69 Å². The number of hydrogen-bond acceptors (Lipinski definition) is 5. The van der Waals surface area contributed by atoms with Gasteiger partial charge in [0, 0.05) is 24.7 Å². The van der Waals surface area contributed by atoms with Gasteiger partial charge in [-0.1, -0.05) is 0 Å². The molecule has 0 aliphatic carbocycles. The van der Waals surface area contributed by atoms with Crippen LogP contribution in [-0.4, -0.2) is 68.8 Å². The Bertz CT molecular complexity index is 607. The summed E-state index contributed by atoms with van der Waals surface area (Å²) in [6, 6.07) is 6.06. The maximum absolute atomic E-state index is 12.7. The molecule has 0 saturated carbocycles. The van der Waals surface area contributed by atoms with Crippen molar-refractivity contribution in [1.29, 1.82) is 0 Å². The van der Waals surface area contributed by atoms with Gasteiger partial charge < -0.3 is 19.1 Å². The molecule has 0 spiro atoms. The molecule has 1 aromatic carbocycles. The molecule has 3 rings (SSSR count). The van der Waals surface area contributed by atoms with E-state index in [9.17, 15) is 4.79 Å². The number of likely N-dealkylation sites (tertiary alicyclic amines) is 1. The fourth-order valence-electron chi connectivity index (χ4n) is 3.79. The molecule has 2 atom stereocenters. The van der Waals surface area contributed by atoms with Crippen molar-refractivity contribution in [3.8, 4) is 11.5 Å². The molecule has 2 aliphatic heterocycles. The maximum Gasteiger partial charge on any atom is 0.236 e. The van der Waals surface area contributed by atoms with Crippen molar-refractivity contribution in [2.24, 2.45) is 0 Å². The van der Waals surface area contributed by atoms with Gasteiger partial charge in [-0.05, 0) is 44.5 Å². The predicted molar refractivity (Wildman–Crippen MR) is 95.1 cm³/mol. The largest absolute Gasteiger partial charge is 0.497 e. The van der Waals surface area contributed by atoms with Crippen LogP contribution in [0.1, 0.15) is 31.4 Å². The molecule has 0 radical (unpaired) electrons. The van der Waals surface area contributed by atoms with Gasteiger partial charge >= 0.3 is 0 Å².